The van der Waals surface area contributed by atoms with Crippen LogP contribution >= 0.6 is 0 Å². The molecule has 9 nitrogen and oxygen atoms in total. The van der Waals surface area contributed by atoms with E-state index in [1.54, 1.807) is 35.9 Å². The van der Waals surface area contributed by atoms with Gasteiger partial charge in [0, 0.05) is 56.6 Å². The average molecular weight is 466 g/mol. The van der Waals surface area contributed by atoms with Crippen LogP contribution in [0.4, 0.5) is 5.69 Å². The monoisotopic (exact) mass is 465 g/mol. The second kappa shape index (κ2) is 10.2. The minimum Gasteiger partial charge on any atom is -0.408 e. The molecular formula is C25H31N5O4. The van der Waals surface area contributed by atoms with E-state index >= 15 is 0 Å². The van der Waals surface area contributed by atoms with Gasteiger partial charge in [0.15, 0.2) is 5.58 Å². The van der Waals surface area contributed by atoms with Crippen molar-refractivity contribution < 1.29 is 14.0 Å². The van der Waals surface area contributed by atoms with Gasteiger partial charge in [0.2, 0.25) is 5.91 Å². The van der Waals surface area contributed by atoms with E-state index in [9.17, 15) is 14.4 Å². The second-order valence-electron chi connectivity index (χ2n) is 8.69. The first-order valence-corrected chi connectivity index (χ1v) is 11.6. The molecule has 1 atom stereocenters. The fourth-order valence-electron chi connectivity index (χ4n) is 4.45. The van der Waals surface area contributed by atoms with Gasteiger partial charge in [-0.25, -0.2) is 4.79 Å². The van der Waals surface area contributed by atoms with Crippen LogP contribution in [0.2, 0.25) is 0 Å². The van der Waals surface area contributed by atoms with Crippen molar-refractivity contribution in [1.82, 2.24) is 19.7 Å². The summed E-state index contributed by atoms with van der Waals surface area (Å²) < 4.78 is 6.95. The number of amides is 2. The predicted octanol–water partition coefficient (Wildman–Crippen LogP) is 2.29. The molecule has 1 aliphatic heterocycles. The molecule has 34 heavy (non-hydrogen) atoms. The Morgan fingerprint density at radius 1 is 1.15 bits per heavy atom. The lowest BCUT2D eigenvalue weighted by Gasteiger charge is -2.39. The summed E-state index contributed by atoms with van der Waals surface area (Å²) in [5.74, 6) is -0.629. The van der Waals surface area contributed by atoms with Crippen LogP contribution in [0.15, 0.2) is 51.7 Å². The molecule has 2 N–H and O–H groups in total. The van der Waals surface area contributed by atoms with Crippen molar-refractivity contribution in [1.29, 1.82) is 0 Å². The number of carbonyl (C=O) groups excluding carboxylic acids is 2. The van der Waals surface area contributed by atoms with Crippen LogP contribution in [0.5, 0.6) is 0 Å². The van der Waals surface area contributed by atoms with Crippen molar-refractivity contribution in [3.05, 3.63) is 64.1 Å². The lowest BCUT2D eigenvalue weighted by atomic mass is 10.00. The van der Waals surface area contributed by atoms with Crippen molar-refractivity contribution in [2.75, 3.05) is 45.6 Å². The molecule has 4 rings (SSSR count). The molecule has 3 aromatic rings. The van der Waals surface area contributed by atoms with Crippen molar-refractivity contribution in [2.45, 2.75) is 25.9 Å². The lowest BCUT2D eigenvalue weighted by molar-refractivity contribution is -0.118. The molecule has 0 saturated carbocycles. The molecular weight excluding hydrogens is 434 g/mol. The molecule has 2 heterocycles. The first-order valence-electron chi connectivity index (χ1n) is 11.6. The molecule has 9 heteroatoms. The standard InChI is InChI=1S/C25H31N5O4/c1-4-10-30-20-9-8-19(14-22(20)34-25(30)33)27-23(31)16-29-12-11-28(3)21(15-29)17-6-5-7-18(13-17)24(32)26-2/h5-9,13-14,21H,4,10-12,15-16H2,1-3H3,(H,26,32)(H,27,31)/t21-/m0/s1. The molecule has 1 saturated heterocycles. The number of benzene rings is 2. The van der Waals surface area contributed by atoms with Gasteiger partial charge in [-0.1, -0.05) is 19.1 Å². The highest BCUT2D eigenvalue weighted by Gasteiger charge is 2.27. The van der Waals surface area contributed by atoms with Gasteiger partial charge in [-0.05, 0) is 43.3 Å². The van der Waals surface area contributed by atoms with E-state index in [0.717, 1.165) is 30.6 Å². The van der Waals surface area contributed by atoms with Gasteiger partial charge < -0.3 is 15.1 Å². The van der Waals surface area contributed by atoms with Gasteiger partial charge in [0.1, 0.15) is 0 Å². The van der Waals surface area contributed by atoms with Gasteiger partial charge in [-0.2, -0.15) is 0 Å². The maximum absolute atomic E-state index is 12.8. The summed E-state index contributed by atoms with van der Waals surface area (Å²) >= 11 is 0. The zero-order valence-electron chi connectivity index (χ0n) is 19.8. The van der Waals surface area contributed by atoms with Gasteiger partial charge in [-0.3, -0.25) is 24.0 Å². The number of aromatic nitrogens is 1. The Morgan fingerprint density at radius 3 is 2.74 bits per heavy atom. The van der Waals surface area contributed by atoms with Crippen molar-refractivity contribution in [2.24, 2.45) is 0 Å². The van der Waals surface area contributed by atoms with Crippen LogP contribution in [0.25, 0.3) is 11.1 Å². The van der Waals surface area contributed by atoms with Crippen LogP contribution in [0, 0.1) is 0 Å². The highest BCUT2D eigenvalue weighted by molar-refractivity contribution is 5.94. The molecule has 0 unspecified atom stereocenters. The van der Waals surface area contributed by atoms with E-state index in [2.05, 4.69) is 27.5 Å². The largest absolute Gasteiger partial charge is 0.419 e. The predicted molar refractivity (Wildman–Crippen MR) is 131 cm³/mol. The number of nitrogens with one attached hydrogen (secondary N) is 2. The number of likely N-dealkylation sites (N-methyl/N-ethyl adjacent to an activating group) is 1. The highest BCUT2D eigenvalue weighted by Crippen LogP contribution is 2.25. The SMILES string of the molecule is CCCn1c(=O)oc2cc(NC(=O)CN3CCN(C)[C@H](c4cccc(C(=O)NC)c4)C3)ccc21. The number of fused-ring (bicyclic) bond motifs is 1. The summed E-state index contributed by atoms with van der Waals surface area (Å²) in [6.07, 6.45) is 0.829. The summed E-state index contributed by atoms with van der Waals surface area (Å²) in [6, 6.07) is 13.0. The Kier molecular flexibility index (Phi) is 7.14. The summed E-state index contributed by atoms with van der Waals surface area (Å²) in [7, 11) is 3.68. The van der Waals surface area contributed by atoms with Gasteiger partial charge >= 0.3 is 5.76 Å². The zero-order valence-corrected chi connectivity index (χ0v) is 19.8. The van der Waals surface area contributed by atoms with E-state index in [1.165, 1.54) is 0 Å². The third-order valence-corrected chi connectivity index (χ3v) is 6.26. The summed E-state index contributed by atoms with van der Waals surface area (Å²) in [5, 5.41) is 5.58. The van der Waals surface area contributed by atoms with E-state index in [4.69, 9.17) is 4.42 Å². The third kappa shape index (κ3) is 5.05. The van der Waals surface area contributed by atoms with E-state index in [1.807, 2.05) is 25.1 Å². The second-order valence-corrected chi connectivity index (χ2v) is 8.69. The number of anilines is 1. The molecule has 0 spiro atoms. The highest BCUT2D eigenvalue weighted by atomic mass is 16.4. The number of rotatable bonds is 7. The van der Waals surface area contributed by atoms with Crippen molar-refractivity contribution in [3.63, 3.8) is 0 Å². The van der Waals surface area contributed by atoms with E-state index < -0.39 is 0 Å². The first-order chi connectivity index (χ1) is 16.4. The zero-order chi connectivity index (χ0) is 24.2. The Morgan fingerprint density at radius 2 is 1.97 bits per heavy atom. The summed E-state index contributed by atoms with van der Waals surface area (Å²) in [6.45, 7) is 5.09. The topological polar surface area (TPSA) is 99.8 Å². The average Bonchev–Trinajstić information content (AvgIpc) is 3.14. The van der Waals surface area contributed by atoms with Crippen LogP contribution < -0.4 is 16.4 Å². The number of hydrogen-bond donors (Lipinski definition) is 2. The lowest BCUT2D eigenvalue weighted by Crippen LogP contribution is -2.48. The van der Waals surface area contributed by atoms with Crippen molar-refractivity contribution in [3.8, 4) is 0 Å². The fraction of sp³-hybridized carbons (Fsp3) is 0.400. The number of nitrogens with zero attached hydrogens (tertiary/aromatic N) is 3. The Hall–Kier alpha value is -3.43. The fourth-order valence-corrected chi connectivity index (χ4v) is 4.45. The number of hydrogen-bond acceptors (Lipinski definition) is 6. The molecule has 0 aliphatic carbocycles. The molecule has 0 bridgehead atoms. The molecule has 180 valence electrons. The maximum atomic E-state index is 12.8. The van der Waals surface area contributed by atoms with Crippen molar-refractivity contribution >= 4 is 28.6 Å². The van der Waals surface area contributed by atoms with Crippen LogP contribution in [-0.2, 0) is 11.3 Å². The first kappa shape index (κ1) is 23.7. The molecule has 1 fully saturated rings. The van der Waals surface area contributed by atoms with Gasteiger partial charge in [0.25, 0.3) is 5.91 Å². The Labute approximate surface area is 198 Å². The summed E-state index contributed by atoms with van der Waals surface area (Å²) in [5.41, 5.74) is 3.46. The molecule has 2 amide bonds. The minimum atomic E-state index is -0.385. The number of oxazole rings is 1. The van der Waals surface area contributed by atoms with E-state index in [-0.39, 0.29) is 30.2 Å². The molecule has 2 aromatic carbocycles. The van der Waals surface area contributed by atoms with Crippen LogP contribution in [-0.4, -0.2) is 66.5 Å². The number of carbonyl (C=O) groups is 2. The van der Waals surface area contributed by atoms with Crippen LogP contribution in [0.1, 0.15) is 35.3 Å². The minimum absolute atomic E-state index is 0.0788. The molecule has 1 aromatic heterocycles. The smallest absolute Gasteiger partial charge is 0.408 e. The normalized spacial score (nSPS) is 17.1. The van der Waals surface area contributed by atoms with Gasteiger partial charge in [-0.15, -0.1) is 0 Å². The molecule has 0 radical (unpaired) electrons. The Bertz CT molecular complexity index is 1250. The Balaban J connectivity index is 1.42. The maximum Gasteiger partial charge on any atom is 0.419 e. The van der Waals surface area contributed by atoms with E-state index in [0.29, 0.717) is 29.9 Å². The van der Waals surface area contributed by atoms with Crippen LogP contribution in [0.3, 0.4) is 0 Å². The quantitative estimate of drug-likeness (QED) is 0.556. The molecule has 1 aliphatic rings. The number of piperazine rings is 1. The number of aryl methyl sites for hydroxylation is 1. The van der Waals surface area contributed by atoms with Gasteiger partial charge in [0.05, 0.1) is 12.1 Å². The summed E-state index contributed by atoms with van der Waals surface area (Å²) in [4.78, 5) is 41.2. The third-order valence-electron chi connectivity index (χ3n) is 6.26.